The standard InChI is InChI=1S/C19H20Cl2N4OS/c1-2-5-18-23-24-19(27)25(18)22-11-13-6-3-4-7-17(13)26-12-14-8-9-15(20)10-16(14)21/h3-4,6-10,22H,2,5,11-12H2,1H3,(H,24,27). The number of hydrogen-bond donors (Lipinski definition) is 2. The lowest BCUT2D eigenvalue weighted by Crippen LogP contribution is -2.18. The van der Waals surface area contributed by atoms with E-state index in [1.54, 1.807) is 12.1 Å². The maximum Gasteiger partial charge on any atom is 0.214 e. The van der Waals surface area contributed by atoms with Gasteiger partial charge in [-0.15, -0.1) is 0 Å². The summed E-state index contributed by atoms with van der Waals surface area (Å²) in [7, 11) is 0. The highest BCUT2D eigenvalue weighted by atomic mass is 35.5. The fourth-order valence-corrected chi connectivity index (χ4v) is 3.31. The van der Waals surface area contributed by atoms with E-state index in [1.807, 2.05) is 35.0 Å². The molecule has 0 bridgehead atoms. The van der Waals surface area contributed by atoms with Crippen LogP contribution in [-0.2, 0) is 19.6 Å². The molecule has 3 rings (SSSR count). The Morgan fingerprint density at radius 1 is 1.19 bits per heavy atom. The van der Waals surface area contributed by atoms with Gasteiger partial charge in [0.05, 0.1) is 6.54 Å². The number of aryl methyl sites for hydroxylation is 1. The Bertz CT molecular complexity index is 970. The van der Waals surface area contributed by atoms with Crippen LogP contribution < -0.4 is 10.2 Å². The molecule has 0 unspecified atom stereocenters. The number of halogens is 2. The summed E-state index contributed by atoms with van der Waals surface area (Å²) in [6.07, 6.45) is 1.83. The van der Waals surface area contributed by atoms with E-state index in [4.69, 9.17) is 40.2 Å². The van der Waals surface area contributed by atoms with Crippen LogP contribution in [0.25, 0.3) is 0 Å². The Labute approximate surface area is 173 Å². The number of H-pyrrole nitrogens is 1. The Kier molecular flexibility index (Phi) is 6.77. The molecule has 8 heteroatoms. The molecule has 0 aliphatic carbocycles. The zero-order chi connectivity index (χ0) is 19.2. The SMILES string of the molecule is CCCc1n[nH]c(=S)n1NCc1ccccc1OCc1ccc(Cl)cc1Cl. The van der Waals surface area contributed by atoms with Crippen LogP contribution in [0.4, 0.5) is 0 Å². The number of hydrogen-bond acceptors (Lipinski definition) is 4. The maximum atomic E-state index is 6.23. The molecule has 0 atom stereocenters. The summed E-state index contributed by atoms with van der Waals surface area (Å²) < 4.78 is 8.35. The Morgan fingerprint density at radius 2 is 2.00 bits per heavy atom. The van der Waals surface area contributed by atoms with E-state index in [9.17, 15) is 0 Å². The molecule has 0 aliphatic rings. The largest absolute Gasteiger partial charge is 0.488 e. The average Bonchev–Trinajstić information content (AvgIpc) is 3.00. The van der Waals surface area contributed by atoms with Crippen LogP contribution in [0, 0.1) is 4.77 Å². The van der Waals surface area contributed by atoms with E-state index >= 15 is 0 Å². The predicted octanol–water partition coefficient (Wildman–Crippen LogP) is 5.52. The van der Waals surface area contributed by atoms with Crippen LogP contribution in [0.5, 0.6) is 5.75 Å². The highest BCUT2D eigenvalue weighted by molar-refractivity contribution is 7.71. The summed E-state index contributed by atoms with van der Waals surface area (Å²) in [5, 5.41) is 8.28. The lowest BCUT2D eigenvalue weighted by Gasteiger charge is -2.14. The van der Waals surface area contributed by atoms with Gasteiger partial charge in [0, 0.05) is 27.6 Å². The number of aromatic nitrogens is 3. The molecule has 5 nitrogen and oxygen atoms in total. The van der Waals surface area contributed by atoms with Gasteiger partial charge in [-0.2, -0.15) is 5.10 Å². The third-order valence-electron chi connectivity index (χ3n) is 4.01. The topological polar surface area (TPSA) is 54.9 Å². The van der Waals surface area contributed by atoms with Gasteiger partial charge < -0.3 is 10.2 Å². The molecule has 27 heavy (non-hydrogen) atoms. The summed E-state index contributed by atoms with van der Waals surface area (Å²) in [4.78, 5) is 0. The first kappa shape index (κ1) is 19.7. The van der Waals surface area contributed by atoms with Crippen LogP contribution >= 0.6 is 35.4 Å². The minimum Gasteiger partial charge on any atom is -0.488 e. The summed E-state index contributed by atoms with van der Waals surface area (Å²) in [6, 6.07) is 13.2. The molecule has 0 radical (unpaired) electrons. The Balaban J connectivity index is 1.71. The van der Waals surface area contributed by atoms with Crippen LogP contribution in [0.1, 0.15) is 30.3 Å². The molecule has 3 aromatic rings. The second-order valence-corrected chi connectivity index (χ2v) is 7.23. The van der Waals surface area contributed by atoms with E-state index in [0.29, 0.717) is 28.0 Å². The summed E-state index contributed by atoms with van der Waals surface area (Å²) in [6.45, 7) is 3.02. The molecule has 1 heterocycles. The second kappa shape index (κ2) is 9.26. The van der Waals surface area contributed by atoms with Gasteiger partial charge in [-0.25, -0.2) is 4.68 Å². The first-order chi connectivity index (χ1) is 13.1. The van der Waals surface area contributed by atoms with E-state index < -0.39 is 0 Å². The van der Waals surface area contributed by atoms with E-state index in [-0.39, 0.29) is 0 Å². The first-order valence-corrected chi connectivity index (χ1v) is 9.79. The molecule has 2 N–H and O–H groups in total. The summed E-state index contributed by atoms with van der Waals surface area (Å²) >= 11 is 17.5. The van der Waals surface area contributed by atoms with Crippen molar-refractivity contribution in [3.63, 3.8) is 0 Å². The molecule has 2 aromatic carbocycles. The first-order valence-electron chi connectivity index (χ1n) is 8.63. The molecule has 1 aromatic heterocycles. The van der Waals surface area contributed by atoms with E-state index in [2.05, 4.69) is 22.5 Å². The molecular formula is C19H20Cl2N4OS. The molecule has 0 amide bonds. The van der Waals surface area contributed by atoms with Crippen molar-refractivity contribution in [2.45, 2.75) is 32.9 Å². The minimum atomic E-state index is 0.360. The molecular weight excluding hydrogens is 403 g/mol. The van der Waals surface area contributed by atoms with Crippen molar-refractivity contribution in [2.75, 3.05) is 5.43 Å². The zero-order valence-corrected chi connectivity index (χ0v) is 17.2. The van der Waals surface area contributed by atoms with Gasteiger partial charge in [0.2, 0.25) is 4.77 Å². The predicted molar refractivity (Wildman–Crippen MR) is 112 cm³/mol. The molecule has 0 fully saturated rings. The van der Waals surface area contributed by atoms with Gasteiger partial charge in [0.1, 0.15) is 12.4 Å². The van der Waals surface area contributed by atoms with Gasteiger partial charge in [0.25, 0.3) is 0 Å². The van der Waals surface area contributed by atoms with Crippen molar-refractivity contribution in [1.29, 1.82) is 0 Å². The van der Waals surface area contributed by atoms with Crippen molar-refractivity contribution in [1.82, 2.24) is 14.9 Å². The van der Waals surface area contributed by atoms with Crippen LogP contribution in [0.15, 0.2) is 42.5 Å². The lowest BCUT2D eigenvalue weighted by atomic mass is 10.2. The van der Waals surface area contributed by atoms with Crippen molar-refractivity contribution >= 4 is 35.4 Å². The molecule has 0 aliphatic heterocycles. The van der Waals surface area contributed by atoms with Crippen LogP contribution in [0.2, 0.25) is 10.0 Å². The third kappa shape index (κ3) is 5.03. The number of rotatable bonds is 8. The summed E-state index contributed by atoms with van der Waals surface area (Å²) in [5.41, 5.74) is 5.20. The summed E-state index contributed by atoms with van der Waals surface area (Å²) in [5.74, 6) is 1.66. The van der Waals surface area contributed by atoms with Crippen molar-refractivity contribution in [3.8, 4) is 5.75 Å². The number of aromatic amines is 1. The zero-order valence-electron chi connectivity index (χ0n) is 14.8. The number of benzene rings is 2. The number of ether oxygens (including phenoxy) is 1. The fourth-order valence-electron chi connectivity index (χ4n) is 2.63. The van der Waals surface area contributed by atoms with E-state index in [1.165, 1.54) is 0 Å². The maximum absolute atomic E-state index is 6.23. The molecule has 0 spiro atoms. The second-order valence-electron chi connectivity index (χ2n) is 6.00. The van der Waals surface area contributed by atoms with Crippen LogP contribution in [-0.4, -0.2) is 14.9 Å². The van der Waals surface area contributed by atoms with Crippen molar-refractivity contribution in [3.05, 3.63) is 74.2 Å². The van der Waals surface area contributed by atoms with E-state index in [0.717, 1.165) is 35.5 Å². The smallest absolute Gasteiger partial charge is 0.214 e. The van der Waals surface area contributed by atoms with Gasteiger partial charge in [0.15, 0.2) is 5.82 Å². The normalized spacial score (nSPS) is 10.8. The molecule has 0 saturated carbocycles. The number of nitrogens with zero attached hydrogens (tertiary/aromatic N) is 2. The van der Waals surface area contributed by atoms with Gasteiger partial charge in [-0.05, 0) is 36.8 Å². The number of para-hydroxylation sites is 1. The number of nitrogens with one attached hydrogen (secondary N) is 2. The van der Waals surface area contributed by atoms with Gasteiger partial charge in [-0.1, -0.05) is 54.4 Å². The lowest BCUT2D eigenvalue weighted by molar-refractivity contribution is 0.303. The Morgan fingerprint density at radius 3 is 2.78 bits per heavy atom. The fraction of sp³-hybridized carbons (Fsp3) is 0.263. The highest BCUT2D eigenvalue weighted by Crippen LogP contribution is 2.24. The minimum absolute atomic E-state index is 0.360. The average molecular weight is 423 g/mol. The van der Waals surface area contributed by atoms with Crippen molar-refractivity contribution < 1.29 is 4.74 Å². The monoisotopic (exact) mass is 422 g/mol. The van der Waals surface area contributed by atoms with Gasteiger partial charge in [-0.3, -0.25) is 5.10 Å². The quantitative estimate of drug-likeness (QED) is 0.469. The highest BCUT2D eigenvalue weighted by Gasteiger charge is 2.09. The van der Waals surface area contributed by atoms with Crippen LogP contribution in [0.3, 0.4) is 0 Å². The third-order valence-corrected chi connectivity index (χ3v) is 4.87. The van der Waals surface area contributed by atoms with Crippen molar-refractivity contribution in [2.24, 2.45) is 0 Å². The Hall–Kier alpha value is -2.02. The molecule has 142 valence electrons. The molecule has 0 saturated heterocycles. The van der Waals surface area contributed by atoms with Gasteiger partial charge >= 0.3 is 0 Å².